The van der Waals surface area contributed by atoms with Crippen LogP contribution < -0.4 is 15.0 Å². The van der Waals surface area contributed by atoms with Gasteiger partial charge in [-0.15, -0.1) is 0 Å². The van der Waals surface area contributed by atoms with Crippen molar-refractivity contribution in [3.63, 3.8) is 0 Å². The average Bonchev–Trinajstić information content (AvgIpc) is 3.16. The van der Waals surface area contributed by atoms with Crippen LogP contribution in [0.5, 0.6) is 11.5 Å². The Hall–Kier alpha value is -1.88. The van der Waals surface area contributed by atoms with Crippen molar-refractivity contribution in [2.45, 2.75) is 43.6 Å². The van der Waals surface area contributed by atoms with E-state index in [1.54, 1.807) is 0 Å². The lowest BCUT2D eigenvalue weighted by Gasteiger charge is -2.31. The minimum absolute atomic E-state index is 0. The molecular formula is C17H26N2O7S. The summed E-state index contributed by atoms with van der Waals surface area (Å²) in [6.45, 7) is 3.24. The number of piperidine rings is 1. The molecule has 0 unspecified atom stereocenters. The Balaban J connectivity index is 0.00000280. The second kappa shape index (κ2) is 8.42. The van der Waals surface area contributed by atoms with Gasteiger partial charge in [0.05, 0.1) is 11.0 Å². The summed E-state index contributed by atoms with van der Waals surface area (Å²) in [5.41, 5.74) is 1.23. The molecule has 1 amide bonds. The van der Waals surface area contributed by atoms with Crippen LogP contribution in [0.25, 0.3) is 0 Å². The second-order valence-corrected chi connectivity index (χ2v) is 8.35. The van der Waals surface area contributed by atoms with Gasteiger partial charge in [-0.3, -0.25) is 10.0 Å². The van der Waals surface area contributed by atoms with E-state index < -0.39 is 15.9 Å². The predicted molar refractivity (Wildman–Crippen MR) is 96.6 cm³/mol. The molecule has 0 aliphatic carbocycles. The summed E-state index contributed by atoms with van der Waals surface area (Å²) in [6.07, 6.45) is 3.26. The van der Waals surface area contributed by atoms with Crippen LogP contribution in [0.3, 0.4) is 0 Å². The molecule has 1 aromatic carbocycles. The zero-order valence-electron chi connectivity index (χ0n) is 15.1. The van der Waals surface area contributed by atoms with Crippen molar-refractivity contribution in [1.82, 2.24) is 9.79 Å². The fraction of sp³-hybridized carbons (Fsp3) is 0.588. The van der Waals surface area contributed by atoms with Gasteiger partial charge >= 0.3 is 0 Å². The molecule has 27 heavy (non-hydrogen) atoms. The number of sulfonamides is 1. The Morgan fingerprint density at radius 1 is 1.37 bits per heavy atom. The molecular weight excluding hydrogens is 376 g/mol. The van der Waals surface area contributed by atoms with Crippen LogP contribution >= 0.6 is 0 Å². The van der Waals surface area contributed by atoms with Gasteiger partial charge in [0.2, 0.25) is 16.8 Å². The van der Waals surface area contributed by atoms with E-state index in [0.717, 1.165) is 12.8 Å². The summed E-state index contributed by atoms with van der Waals surface area (Å²) in [5.74, 6) is -0.690. The van der Waals surface area contributed by atoms with Gasteiger partial charge in [-0.2, -0.15) is 4.31 Å². The van der Waals surface area contributed by atoms with E-state index in [1.165, 1.54) is 21.9 Å². The summed E-state index contributed by atoms with van der Waals surface area (Å²) in [7, 11) is -3.95. The largest absolute Gasteiger partial charge is 0.454 e. The number of hydroxylamine groups is 1. The number of rotatable bonds is 7. The molecule has 0 bridgehead atoms. The molecule has 0 spiro atoms. The highest BCUT2D eigenvalue weighted by molar-refractivity contribution is 7.89. The van der Waals surface area contributed by atoms with E-state index >= 15 is 0 Å². The lowest BCUT2D eigenvalue weighted by molar-refractivity contribution is 0.0198. The summed E-state index contributed by atoms with van der Waals surface area (Å²) in [5, 5.41) is 9.04. The summed E-state index contributed by atoms with van der Waals surface area (Å²) < 4.78 is 43.8. The third kappa shape index (κ3) is 4.03. The number of carbonyl (C=O) groups is 1. The van der Waals surface area contributed by atoms with Crippen molar-refractivity contribution in [2.75, 3.05) is 26.5 Å². The quantitative estimate of drug-likeness (QED) is 0.406. The molecule has 1 fully saturated rings. The summed E-state index contributed by atoms with van der Waals surface area (Å²) in [6, 6.07) is 2.75. The van der Waals surface area contributed by atoms with E-state index in [1.807, 2.05) is 0 Å². The van der Waals surface area contributed by atoms with Crippen molar-refractivity contribution in [3.05, 3.63) is 17.7 Å². The molecule has 152 valence electrons. The van der Waals surface area contributed by atoms with E-state index in [0.29, 0.717) is 32.5 Å². The van der Waals surface area contributed by atoms with Gasteiger partial charge < -0.3 is 14.2 Å². The SMILES string of the molecule is CCCCOC1CCN(S(=O)(=O)c2ccc3c(c2C(=O)NO)OCO3)CC1.[HH]. The van der Waals surface area contributed by atoms with Crippen molar-refractivity contribution in [1.29, 1.82) is 0 Å². The molecule has 1 aromatic rings. The van der Waals surface area contributed by atoms with E-state index in [4.69, 9.17) is 19.4 Å². The molecule has 9 nitrogen and oxygen atoms in total. The average molecular weight is 402 g/mol. The second-order valence-electron chi connectivity index (χ2n) is 6.44. The van der Waals surface area contributed by atoms with Gasteiger partial charge in [0, 0.05) is 21.1 Å². The Morgan fingerprint density at radius 2 is 2.11 bits per heavy atom. The molecule has 2 aliphatic rings. The first-order valence-corrected chi connectivity index (χ1v) is 10.4. The first kappa shape index (κ1) is 19.9. The molecule has 0 radical (unpaired) electrons. The smallest absolute Gasteiger partial charge is 0.279 e. The van der Waals surface area contributed by atoms with E-state index in [9.17, 15) is 13.2 Å². The van der Waals surface area contributed by atoms with Gasteiger partial charge in [-0.25, -0.2) is 13.9 Å². The van der Waals surface area contributed by atoms with Crippen LogP contribution in [0, 0.1) is 0 Å². The predicted octanol–water partition coefficient (Wildman–Crippen LogP) is 1.75. The van der Waals surface area contributed by atoms with Crippen LogP contribution in [0.2, 0.25) is 0 Å². The van der Waals surface area contributed by atoms with Gasteiger partial charge in [-0.1, -0.05) is 13.3 Å². The first-order valence-electron chi connectivity index (χ1n) is 8.97. The zero-order valence-corrected chi connectivity index (χ0v) is 16.0. The minimum atomic E-state index is -3.95. The third-order valence-electron chi connectivity index (χ3n) is 4.70. The Labute approximate surface area is 159 Å². The number of hydrogen-bond acceptors (Lipinski definition) is 7. The van der Waals surface area contributed by atoms with Crippen LogP contribution in [-0.2, 0) is 14.8 Å². The molecule has 2 heterocycles. The number of amides is 1. The van der Waals surface area contributed by atoms with Crippen LogP contribution in [-0.4, -0.2) is 56.4 Å². The Morgan fingerprint density at radius 3 is 2.78 bits per heavy atom. The molecule has 10 heteroatoms. The fourth-order valence-electron chi connectivity index (χ4n) is 3.21. The van der Waals surface area contributed by atoms with E-state index in [2.05, 4.69) is 6.92 Å². The normalized spacial score (nSPS) is 17.9. The number of ether oxygens (including phenoxy) is 3. The van der Waals surface area contributed by atoms with E-state index in [-0.39, 0.29) is 36.3 Å². The van der Waals surface area contributed by atoms with Crippen LogP contribution in [0.15, 0.2) is 17.0 Å². The van der Waals surface area contributed by atoms with Gasteiger partial charge in [0.15, 0.2) is 11.5 Å². The monoisotopic (exact) mass is 402 g/mol. The fourth-order valence-corrected chi connectivity index (χ4v) is 4.87. The summed E-state index contributed by atoms with van der Waals surface area (Å²) in [4.78, 5) is 11.9. The number of carbonyl (C=O) groups excluding carboxylic acids is 1. The maximum atomic E-state index is 13.1. The maximum absolute atomic E-state index is 13.1. The first-order chi connectivity index (χ1) is 13.0. The van der Waals surface area contributed by atoms with Gasteiger partial charge in [0.25, 0.3) is 5.91 Å². The lowest BCUT2D eigenvalue weighted by atomic mass is 10.1. The van der Waals surface area contributed by atoms with Gasteiger partial charge in [0.1, 0.15) is 5.56 Å². The number of fused-ring (bicyclic) bond motifs is 1. The maximum Gasteiger partial charge on any atom is 0.279 e. The van der Waals surface area contributed by atoms with Crippen molar-refractivity contribution in [2.24, 2.45) is 0 Å². The molecule has 3 rings (SSSR count). The molecule has 1 saturated heterocycles. The third-order valence-corrected chi connectivity index (χ3v) is 6.64. The number of unbranched alkanes of at least 4 members (excludes halogenated alkanes) is 1. The standard InChI is InChI=1S/C17H24N2O7S.H2/c1-2-3-10-24-12-6-8-19(9-7-12)27(22,23)14-5-4-13-16(26-11-25-13)15(14)17(20)18-21;/h4-5,12,21H,2-3,6-11H2,1H3,(H,18,20);1H. The zero-order chi connectivity index (χ0) is 19.4. The van der Waals surface area contributed by atoms with Crippen molar-refractivity contribution >= 4 is 15.9 Å². The number of nitrogens with zero attached hydrogens (tertiary/aromatic N) is 1. The molecule has 2 N–H and O–H groups in total. The van der Waals surface area contributed by atoms with Crippen molar-refractivity contribution in [3.8, 4) is 11.5 Å². The highest BCUT2D eigenvalue weighted by Crippen LogP contribution is 2.40. The van der Waals surface area contributed by atoms with Crippen LogP contribution in [0.4, 0.5) is 0 Å². The number of hydrogen-bond donors (Lipinski definition) is 2. The Bertz CT molecular complexity index is 795. The molecule has 0 aromatic heterocycles. The highest BCUT2D eigenvalue weighted by atomic mass is 32.2. The number of benzene rings is 1. The lowest BCUT2D eigenvalue weighted by Crippen LogP contribution is -2.41. The van der Waals surface area contributed by atoms with Crippen molar-refractivity contribution < 1.29 is 34.1 Å². The highest BCUT2D eigenvalue weighted by Gasteiger charge is 2.36. The topological polar surface area (TPSA) is 114 Å². The molecule has 2 aliphatic heterocycles. The Kier molecular flexibility index (Phi) is 6.20. The van der Waals surface area contributed by atoms with Crippen LogP contribution in [0.1, 0.15) is 44.4 Å². The summed E-state index contributed by atoms with van der Waals surface area (Å²) >= 11 is 0. The van der Waals surface area contributed by atoms with Gasteiger partial charge in [-0.05, 0) is 31.4 Å². The molecule has 0 atom stereocenters. The number of nitrogens with one attached hydrogen (secondary N) is 1. The minimum Gasteiger partial charge on any atom is -0.454 e. The molecule has 0 saturated carbocycles.